The first-order valence-electron chi connectivity index (χ1n) is 5.35. The van der Waals surface area contributed by atoms with E-state index in [4.69, 9.17) is 0 Å². The maximum atomic E-state index is 11.8. The summed E-state index contributed by atoms with van der Waals surface area (Å²) in [6, 6.07) is -0.182. The van der Waals surface area contributed by atoms with Crippen LogP contribution in [0.1, 0.15) is 27.2 Å². The van der Waals surface area contributed by atoms with Crippen molar-refractivity contribution < 1.29 is 13.2 Å². The van der Waals surface area contributed by atoms with Crippen LogP contribution in [-0.4, -0.2) is 49.5 Å². The van der Waals surface area contributed by atoms with Crippen molar-refractivity contribution in [3.63, 3.8) is 0 Å². The number of rotatable bonds is 1. The standard InChI is InChI=1S/C10H20N2O3S/c1-10(2,3)11-9(13)12-6-5-8(7-12)16(4,14)15/h8H,5-7H2,1-4H3,(H,11,13)/t8-/m0/s1. The van der Waals surface area contributed by atoms with Gasteiger partial charge in [-0.05, 0) is 27.2 Å². The lowest BCUT2D eigenvalue weighted by Gasteiger charge is -2.25. The Hall–Kier alpha value is -0.780. The van der Waals surface area contributed by atoms with Crippen LogP contribution in [0.2, 0.25) is 0 Å². The third-order valence-electron chi connectivity index (χ3n) is 2.52. The molecule has 1 N–H and O–H groups in total. The number of sulfone groups is 1. The summed E-state index contributed by atoms with van der Waals surface area (Å²) >= 11 is 0. The fourth-order valence-corrected chi connectivity index (χ4v) is 2.65. The van der Waals surface area contributed by atoms with Crippen molar-refractivity contribution >= 4 is 15.9 Å². The van der Waals surface area contributed by atoms with Crippen molar-refractivity contribution in [3.05, 3.63) is 0 Å². The lowest BCUT2D eigenvalue weighted by atomic mass is 10.1. The molecule has 1 aliphatic heterocycles. The second-order valence-corrected chi connectivity index (χ2v) is 7.69. The highest BCUT2D eigenvalue weighted by Crippen LogP contribution is 2.16. The van der Waals surface area contributed by atoms with Crippen LogP contribution in [0.4, 0.5) is 4.79 Å². The molecule has 1 atom stereocenters. The van der Waals surface area contributed by atoms with Crippen molar-refractivity contribution in [1.29, 1.82) is 0 Å². The van der Waals surface area contributed by atoms with Crippen LogP contribution < -0.4 is 5.32 Å². The summed E-state index contributed by atoms with van der Waals surface area (Å²) in [4.78, 5) is 13.3. The monoisotopic (exact) mass is 248 g/mol. The van der Waals surface area contributed by atoms with Gasteiger partial charge >= 0.3 is 6.03 Å². The van der Waals surface area contributed by atoms with Crippen LogP contribution in [-0.2, 0) is 9.84 Å². The SMILES string of the molecule is CC(C)(C)NC(=O)N1CC[C@H](S(C)(=O)=O)C1. The van der Waals surface area contributed by atoms with E-state index in [-0.39, 0.29) is 11.6 Å². The minimum atomic E-state index is -3.03. The summed E-state index contributed by atoms with van der Waals surface area (Å²) in [5.41, 5.74) is -0.291. The van der Waals surface area contributed by atoms with Gasteiger partial charge < -0.3 is 10.2 Å². The van der Waals surface area contributed by atoms with Gasteiger partial charge in [-0.1, -0.05) is 0 Å². The van der Waals surface area contributed by atoms with Crippen molar-refractivity contribution in [3.8, 4) is 0 Å². The molecule has 0 saturated carbocycles. The minimum Gasteiger partial charge on any atom is -0.333 e. The second-order valence-electron chi connectivity index (χ2n) is 5.37. The number of nitrogens with zero attached hydrogens (tertiary/aromatic N) is 1. The van der Waals surface area contributed by atoms with Crippen LogP contribution in [0.5, 0.6) is 0 Å². The van der Waals surface area contributed by atoms with Crippen molar-refractivity contribution in [1.82, 2.24) is 10.2 Å². The molecule has 0 radical (unpaired) electrons. The van der Waals surface area contributed by atoms with E-state index in [1.54, 1.807) is 4.90 Å². The number of amides is 2. The van der Waals surface area contributed by atoms with Crippen LogP contribution in [0, 0.1) is 0 Å². The highest BCUT2D eigenvalue weighted by atomic mass is 32.2. The van der Waals surface area contributed by atoms with E-state index in [9.17, 15) is 13.2 Å². The maximum absolute atomic E-state index is 11.8. The van der Waals surface area contributed by atoms with Gasteiger partial charge in [0.15, 0.2) is 9.84 Å². The van der Waals surface area contributed by atoms with Gasteiger partial charge in [-0.25, -0.2) is 13.2 Å². The number of nitrogens with one attached hydrogen (secondary N) is 1. The molecule has 0 aromatic heterocycles. The Labute approximate surface area is 97.1 Å². The molecule has 0 aromatic carbocycles. The van der Waals surface area contributed by atoms with E-state index in [0.717, 1.165) is 0 Å². The van der Waals surface area contributed by atoms with Crippen molar-refractivity contribution in [2.75, 3.05) is 19.3 Å². The Bertz CT molecular complexity index is 370. The Kier molecular flexibility index (Phi) is 3.52. The molecule has 94 valence electrons. The Morgan fingerprint density at radius 3 is 2.31 bits per heavy atom. The van der Waals surface area contributed by atoms with Crippen LogP contribution >= 0.6 is 0 Å². The smallest absolute Gasteiger partial charge is 0.317 e. The zero-order chi connectivity index (χ0) is 12.6. The lowest BCUT2D eigenvalue weighted by Crippen LogP contribution is -2.48. The first kappa shape index (κ1) is 13.3. The molecule has 6 heteroatoms. The number of hydrogen-bond donors (Lipinski definition) is 1. The molecule has 5 nitrogen and oxygen atoms in total. The molecule has 1 fully saturated rings. The van der Waals surface area contributed by atoms with Crippen LogP contribution in [0.3, 0.4) is 0 Å². The van der Waals surface area contributed by atoms with E-state index >= 15 is 0 Å². The summed E-state index contributed by atoms with van der Waals surface area (Å²) in [6.07, 6.45) is 1.76. The van der Waals surface area contributed by atoms with Gasteiger partial charge in [0, 0.05) is 24.9 Å². The molecule has 0 aromatic rings. The third kappa shape index (κ3) is 3.66. The number of urea groups is 1. The predicted octanol–water partition coefficient (Wildman–Crippen LogP) is 0.613. The number of hydrogen-bond acceptors (Lipinski definition) is 3. The zero-order valence-electron chi connectivity index (χ0n) is 10.3. The maximum Gasteiger partial charge on any atom is 0.317 e. The first-order valence-corrected chi connectivity index (χ1v) is 7.31. The van der Waals surface area contributed by atoms with Gasteiger partial charge in [0.1, 0.15) is 0 Å². The average molecular weight is 248 g/mol. The number of likely N-dealkylation sites (tertiary alicyclic amines) is 1. The van der Waals surface area contributed by atoms with Crippen molar-refractivity contribution in [2.24, 2.45) is 0 Å². The zero-order valence-corrected chi connectivity index (χ0v) is 11.1. The Balaban J connectivity index is 2.57. The first-order chi connectivity index (χ1) is 7.09. The molecular weight excluding hydrogens is 228 g/mol. The topological polar surface area (TPSA) is 66.5 Å². The van der Waals surface area contributed by atoms with Crippen LogP contribution in [0.25, 0.3) is 0 Å². The summed E-state index contributed by atoms with van der Waals surface area (Å²) < 4.78 is 22.7. The highest BCUT2D eigenvalue weighted by Gasteiger charge is 2.33. The molecule has 1 rings (SSSR count). The molecule has 16 heavy (non-hydrogen) atoms. The third-order valence-corrected chi connectivity index (χ3v) is 4.12. The van der Waals surface area contributed by atoms with Gasteiger partial charge in [0.05, 0.1) is 5.25 Å². The molecule has 0 aliphatic carbocycles. The Morgan fingerprint density at radius 2 is 1.94 bits per heavy atom. The summed E-state index contributed by atoms with van der Waals surface area (Å²) in [7, 11) is -3.03. The normalized spacial score (nSPS) is 22.2. The predicted molar refractivity (Wildman–Crippen MR) is 63.1 cm³/mol. The van der Waals surface area contributed by atoms with Crippen LogP contribution in [0.15, 0.2) is 0 Å². The molecule has 1 aliphatic rings. The lowest BCUT2D eigenvalue weighted by molar-refractivity contribution is 0.199. The molecule has 0 unspecified atom stereocenters. The molecule has 0 bridgehead atoms. The molecule has 0 spiro atoms. The average Bonchev–Trinajstić information content (AvgIpc) is 2.46. The number of carbonyl (C=O) groups is 1. The van der Waals surface area contributed by atoms with Gasteiger partial charge in [-0.3, -0.25) is 0 Å². The molecule has 1 saturated heterocycles. The molecular formula is C10H20N2O3S. The molecule has 1 heterocycles. The summed E-state index contributed by atoms with van der Waals surface area (Å²) in [6.45, 7) is 6.51. The highest BCUT2D eigenvalue weighted by molar-refractivity contribution is 7.91. The van der Waals surface area contributed by atoms with Gasteiger partial charge in [0.2, 0.25) is 0 Å². The summed E-state index contributed by atoms with van der Waals surface area (Å²) in [5, 5.41) is 2.42. The van der Waals surface area contributed by atoms with Gasteiger partial charge in [-0.2, -0.15) is 0 Å². The fourth-order valence-electron chi connectivity index (χ4n) is 1.66. The fraction of sp³-hybridized carbons (Fsp3) is 0.900. The Morgan fingerprint density at radius 1 is 1.38 bits per heavy atom. The van der Waals surface area contributed by atoms with E-state index in [2.05, 4.69) is 5.32 Å². The van der Waals surface area contributed by atoms with E-state index in [0.29, 0.717) is 19.5 Å². The van der Waals surface area contributed by atoms with Crippen molar-refractivity contribution in [2.45, 2.75) is 38.0 Å². The van der Waals surface area contributed by atoms with E-state index in [1.807, 2.05) is 20.8 Å². The summed E-state index contributed by atoms with van der Waals surface area (Å²) in [5.74, 6) is 0. The minimum absolute atomic E-state index is 0.182. The van der Waals surface area contributed by atoms with E-state index in [1.165, 1.54) is 6.26 Å². The number of carbonyl (C=O) groups excluding carboxylic acids is 1. The van der Waals surface area contributed by atoms with Gasteiger partial charge in [0.25, 0.3) is 0 Å². The second kappa shape index (κ2) is 4.24. The quantitative estimate of drug-likeness (QED) is 0.739. The van der Waals surface area contributed by atoms with Gasteiger partial charge in [-0.15, -0.1) is 0 Å². The van der Waals surface area contributed by atoms with E-state index < -0.39 is 15.1 Å². The molecule has 2 amide bonds. The largest absolute Gasteiger partial charge is 0.333 e.